The first-order valence-electron chi connectivity index (χ1n) is 7.36. The smallest absolute Gasteiger partial charge is 0.411 e. The highest BCUT2D eigenvalue weighted by atomic mass is 16.6. The number of benzene rings is 2. The third kappa shape index (κ3) is 2.25. The summed E-state index contributed by atoms with van der Waals surface area (Å²) in [4.78, 5) is 14.0. The normalized spacial score (nSPS) is 22.5. The SMILES string of the molecule is C[C@H](c1ccccc1)N1C(=O)OC[C@]1(CO)c1ccccc1. The lowest BCUT2D eigenvalue weighted by Crippen LogP contribution is -2.48. The molecule has 2 atom stereocenters. The predicted octanol–water partition coefficient (Wildman–Crippen LogP) is 3.09. The Bertz CT molecular complexity index is 644. The van der Waals surface area contributed by atoms with Crippen molar-refractivity contribution in [1.82, 2.24) is 4.90 Å². The molecule has 1 amide bonds. The molecule has 1 saturated heterocycles. The summed E-state index contributed by atoms with van der Waals surface area (Å²) in [5.74, 6) is 0. The number of rotatable bonds is 4. The van der Waals surface area contributed by atoms with E-state index in [9.17, 15) is 9.90 Å². The number of cyclic esters (lactones) is 1. The van der Waals surface area contributed by atoms with Crippen molar-refractivity contribution in [2.75, 3.05) is 13.2 Å². The third-order valence-electron chi connectivity index (χ3n) is 4.33. The van der Waals surface area contributed by atoms with Crippen LogP contribution >= 0.6 is 0 Å². The molecule has 1 N–H and O–H groups in total. The molecule has 0 aromatic heterocycles. The molecule has 0 aliphatic carbocycles. The number of carbonyl (C=O) groups is 1. The first kappa shape index (κ1) is 14.6. The van der Waals surface area contributed by atoms with Gasteiger partial charge in [0.05, 0.1) is 12.6 Å². The average molecular weight is 297 g/mol. The molecule has 22 heavy (non-hydrogen) atoms. The summed E-state index contributed by atoms with van der Waals surface area (Å²) in [6.07, 6.45) is -0.394. The van der Waals surface area contributed by atoms with Crippen molar-refractivity contribution in [2.24, 2.45) is 0 Å². The van der Waals surface area contributed by atoms with Gasteiger partial charge < -0.3 is 9.84 Å². The number of carbonyl (C=O) groups excluding carboxylic acids is 1. The van der Waals surface area contributed by atoms with Gasteiger partial charge in [-0.15, -0.1) is 0 Å². The Morgan fingerprint density at radius 2 is 1.73 bits per heavy atom. The van der Waals surface area contributed by atoms with E-state index in [1.54, 1.807) is 4.90 Å². The van der Waals surface area contributed by atoms with Gasteiger partial charge in [0.15, 0.2) is 0 Å². The fraction of sp³-hybridized carbons (Fsp3) is 0.278. The van der Waals surface area contributed by atoms with Crippen LogP contribution in [0.3, 0.4) is 0 Å². The highest BCUT2D eigenvalue weighted by Gasteiger charge is 2.50. The maximum Gasteiger partial charge on any atom is 0.411 e. The van der Waals surface area contributed by atoms with Crippen LogP contribution in [0.2, 0.25) is 0 Å². The van der Waals surface area contributed by atoms with Crippen molar-refractivity contribution in [3.63, 3.8) is 0 Å². The zero-order valence-electron chi connectivity index (χ0n) is 12.5. The number of hydrogen-bond donors (Lipinski definition) is 1. The Kier molecular flexibility index (Phi) is 3.86. The molecular formula is C18H19NO3. The molecule has 1 aliphatic heterocycles. The number of amides is 1. The maximum absolute atomic E-state index is 12.3. The summed E-state index contributed by atoms with van der Waals surface area (Å²) in [5.41, 5.74) is 1.05. The molecule has 0 saturated carbocycles. The minimum atomic E-state index is -0.840. The van der Waals surface area contributed by atoms with Crippen LogP contribution < -0.4 is 0 Å². The Balaban J connectivity index is 2.05. The number of aliphatic hydroxyl groups excluding tert-OH is 1. The van der Waals surface area contributed by atoms with Gasteiger partial charge in [-0.3, -0.25) is 4.90 Å². The molecule has 0 unspecified atom stereocenters. The predicted molar refractivity (Wildman–Crippen MR) is 83.2 cm³/mol. The van der Waals surface area contributed by atoms with Gasteiger partial charge >= 0.3 is 6.09 Å². The van der Waals surface area contributed by atoms with Gasteiger partial charge in [0, 0.05) is 0 Å². The highest BCUT2D eigenvalue weighted by molar-refractivity contribution is 5.72. The molecular weight excluding hydrogens is 278 g/mol. The Morgan fingerprint density at radius 3 is 2.32 bits per heavy atom. The number of hydrogen-bond acceptors (Lipinski definition) is 3. The van der Waals surface area contributed by atoms with E-state index in [4.69, 9.17) is 4.74 Å². The average Bonchev–Trinajstić information content (AvgIpc) is 2.93. The molecule has 2 aromatic carbocycles. The molecule has 4 heteroatoms. The van der Waals surface area contributed by atoms with Crippen molar-refractivity contribution in [2.45, 2.75) is 18.5 Å². The van der Waals surface area contributed by atoms with Crippen LogP contribution in [-0.2, 0) is 10.3 Å². The van der Waals surface area contributed by atoms with Crippen molar-refractivity contribution in [3.8, 4) is 0 Å². The lowest BCUT2D eigenvalue weighted by molar-refractivity contribution is 0.0606. The van der Waals surface area contributed by atoms with E-state index in [1.807, 2.05) is 67.6 Å². The monoisotopic (exact) mass is 297 g/mol. The molecule has 0 radical (unpaired) electrons. The van der Waals surface area contributed by atoms with Crippen molar-refractivity contribution >= 4 is 6.09 Å². The summed E-state index contributed by atoms with van der Waals surface area (Å²) in [6.45, 7) is 1.93. The van der Waals surface area contributed by atoms with Crippen LogP contribution in [0.5, 0.6) is 0 Å². The topological polar surface area (TPSA) is 49.8 Å². The van der Waals surface area contributed by atoms with Crippen LogP contribution in [-0.4, -0.2) is 29.3 Å². The van der Waals surface area contributed by atoms with Crippen LogP contribution in [0.1, 0.15) is 24.1 Å². The Morgan fingerprint density at radius 1 is 1.14 bits per heavy atom. The van der Waals surface area contributed by atoms with E-state index in [0.717, 1.165) is 11.1 Å². The van der Waals surface area contributed by atoms with Gasteiger partial charge in [-0.2, -0.15) is 0 Å². The molecule has 1 fully saturated rings. The zero-order valence-corrected chi connectivity index (χ0v) is 12.5. The largest absolute Gasteiger partial charge is 0.446 e. The molecule has 2 aromatic rings. The third-order valence-corrected chi connectivity index (χ3v) is 4.33. The second-order valence-electron chi connectivity index (χ2n) is 5.57. The summed E-state index contributed by atoms with van der Waals surface area (Å²) in [6, 6.07) is 19.1. The Labute approximate surface area is 130 Å². The van der Waals surface area contributed by atoms with E-state index in [1.165, 1.54) is 0 Å². The summed E-state index contributed by atoms with van der Waals surface area (Å²) >= 11 is 0. The highest BCUT2D eigenvalue weighted by Crippen LogP contribution is 2.40. The fourth-order valence-corrected chi connectivity index (χ4v) is 3.09. The second kappa shape index (κ2) is 5.81. The van der Waals surface area contributed by atoms with Gasteiger partial charge in [-0.1, -0.05) is 60.7 Å². The first-order valence-corrected chi connectivity index (χ1v) is 7.36. The van der Waals surface area contributed by atoms with Crippen molar-refractivity contribution in [3.05, 3.63) is 71.8 Å². The minimum absolute atomic E-state index is 0.156. The molecule has 1 heterocycles. The van der Waals surface area contributed by atoms with Gasteiger partial charge in [-0.25, -0.2) is 4.79 Å². The Hall–Kier alpha value is -2.33. The van der Waals surface area contributed by atoms with Gasteiger partial charge in [0.25, 0.3) is 0 Å². The first-order chi connectivity index (χ1) is 10.7. The van der Waals surface area contributed by atoms with Crippen molar-refractivity contribution in [1.29, 1.82) is 0 Å². The molecule has 114 valence electrons. The minimum Gasteiger partial charge on any atom is -0.446 e. The molecule has 1 aliphatic rings. The van der Waals surface area contributed by atoms with E-state index in [-0.39, 0.29) is 19.3 Å². The summed E-state index contributed by atoms with van der Waals surface area (Å²) in [7, 11) is 0. The van der Waals surface area contributed by atoms with Gasteiger partial charge in [-0.05, 0) is 18.1 Å². The number of aliphatic hydroxyl groups is 1. The molecule has 4 nitrogen and oxygen atoms in total. The zero-order chi connectivity index (χ0) is 15.6. The van der Waals surface area contributed by atoms with E-state index in [2.05, 4.69) is 0 Å². The standard InChI is InChI=1S/C18H19NO3/c1-14(15-8-4-2-5-9-15)19-17(21)22-13-18(19,12-20)16-10-6-3-7-11-16/h2-11,14,20H,12-13H2,1H3/t14-,18-/m1/s1. The summed E-state index contributed by atoms with van der Waals surface area (Å²) < 4.78 is 5.30. The van der Waals surface area contributed by atoms with Crippen molar-refractivity contribution < 1.29 is 14.6 Å². The maximum atomic E-state index is 12.3. The summed E-state index contributed by atoms with van der Waals surface area (Å²) in [5, 5.41) is 10.1. The van der Waals surface area contributed by atoms with E-state index in [0.29, 0.717) is 0 Å². The lowest BCUT2D eigenvalue weighted by atomic mass is 9.88. The van der Waals surface area contributed by atoms with Crippen LogP contribution in [0.4, 0.5) is 4.79 Å². The molecule has 3 rings (SSSR count). The van der Waals surface area contributed by atoms with Gasteiger partial charge in [0.2, 0.25) is 0 Å². The quantitative estimate of drug-likeness (QED) is 0.943. The number of nitrogens with zero attached hydrogens (tertiary/aromatic N) is 1. The van der Waals surface area contributed by atoms with Gasteiger partial charge in [0.1, 0.15) is 12.1 Å². The van der Waals surface area contributed by atoms with Crippen LogP contribution in [0.25, 0.3) is 0 Å². The lowest BCUT2D eigenvalue weighted by Gasteiger charge is -2.38. The fourth-order valence-electron chi connectivity index (χ4n) is 3.09. The molecule has 0 spiro atoms. The molecule has 0 bridgehead atoms. The van der Waals surface area contributed by atoms with E-state index >= 15 is 0 Å². The van der Waals surface area contributed by atoms with E-state index < -0.39 is 11.6 Å². The second-order valence-corrected chi connectivity index (χ2v) is 5.57. The van der Waals surface area contributed by atoms with Crippen LogP contribution in [0.15, 0.2) is 60.7 Å². The number of ether oxygens (including phenoxy) is 1. The van der Waals surface area contributed by atoms with Crippen LogP contribution in [0, 0.1) is 0 Å².